The number of sulfone groups is 1. The summed E-state index contributed by atoms with van der Waals surface area (Å²) in [6.07, 6.45) is 6.82. The number of nitrogens with one attached hydrogen (secondary N) is 1. The number of amides is 2. The number of carbonyl (C=O) groups excluding carboxylic acids is 1. The molecule has 3 heterocycles. The van der Waals surface area contributed by atoms with Crippen LogP contribution < -0.4 is 0 Å². The summed E-state index contributed by atoms with van der Waals surface area (Å²) in [5, 5.41) is 6.83. The highest BCUT2D eigenvalue weighted by atomic mass is 32.2. The van der Waals surface area contributed by atoms with Crippen LogP contribution in [0.2, 0.25) is 0 Å². The number of H-pyrrole nitrogens is 1. The molecule has 1 atom stereocenters. The maximum atomic E-state index is 12.8. The summed E-state index contributed by atoms with van der Waals surface area (Å²) in [5.41, 5.74) is 1.36. The zero-order valence-corrected chi connectivity index (χ0v) is 17.9. The minimum absolute atomic E-state index is 0.145. The van der Waals surface area contributed by atoms with Gasteiger partial charge in [0.05, 0.1) is 4.90 Å². The number of aromatic nitrogens is 3. The summed E-state index contributed by atoms with van der Waals surface area (Å²) >= 11 is 0. The van der Waals surface area contributed by atoms with Gasteiger partial charge in [0.15, 0.2) is 9.84 Å². The van der Waals surface area contributed by atoms with Gasteiger partial charge in [-0.15, -0.1) is 0 Å². The molecule has 3 fully saturated rings. The van der Waals surface area contributed by atoms with Crippen LogP contribution in [-0.2, 0) is 16.3 Å². The molecular weight excluding hydrogens is 402 g/mol. The van der Waals surface area contributed by atoms with Gasteiger partial charge in [0, 0.05) is 43.8 Å². The first-order valence-corrected chi connectivity index (χ1v) is 12.4. The number of carbonyl (C=O) groups is 1. The molecule has 1 aromatic heterocycles. The van der Waals surface area contributed by atoms with E-state index in [1.807, 2.05) is 21.9 Å². The average molecular weight is 430 g/mol. The predicted molar refractivity (Wildman–Crippen MR) is 111 cm³/mol. The number of nitrogens with zero attached hydrogens (tertiary/aromatic N) is 4. The van der Waals surface area contributed by atoms with Crippen LogP contribution in [0.5, 0.6) is 0 Å². The second-order valence-electron chi connectivity index (χ2n) is 9.34. The van der Waals surface area contributed by atoms with Crippen molar-refractivity contribution in [2.24, 2.45) is 11.3 Å². The van der Waals surface area contributed by atoms with Gasteiger partial charge in [-0.1, -0.05) is 12.1 Å². The number of urea groups is 1. The highest BCUT2D eigenvalue weighted by Crippen LogP contribution is 2.53. The Kier molecular flexibility index (Phi) is 4.61. The number of rotatable bonds is 4. The lowest BCUT2D eigenvalue weighted by atomic mass is 9.56. The molecule has 2 aliphatic heterocycles. The fourth-order valence-corrected chi connectivity index (χ4v) is 6.16. The largest absolute Gasteiger partial charge is 0.324 e. The van der Waals surface area contributed by atoms with Crippen LogP contribution in [0, 0.1) is 11.3 Å². The molecule has 2 saturated heterocycles. The van der Waals surface area contributed by atoms with Gasteiger partial charge < -0.3 is 9.80 Å². The molecule has 30 heavy (non-hydrogen) atoms. The van der Waals surface area contributed by atoms with Crippen molar-refractivity contribution in [2.75, 3.05) is 32.4 Å². The highest BCUT2D eigenvalue weighted by molar-refractivity contribution is 7.90. The van der Waals surface area contributed by atoms with E-state index < -0.39 is 9.84 Å². The van der Waals surface area contributed by atoms with E-state index in [1.54, 1.807) is 12.1 Å². The third kappa shape index (κ3) is 3.59. The third-order valence-corrected chi connectivity index (χ3v) is 8.01. The van der Waals surface area contributed by atoms with Crippen LogP contribution in [0.25, 0.3) is 0 Å². The molecule has 160 valence electrons. The summed E-state index contributed by atoms with van der Waals surface area (Å²) in [5.74, 6) is 1.69. The Balaban J connectivity index is 1.10. The minimum Gasteiger partial charge on any atom is -0.324 e. The minimum atomic E-state index is -3.17. The topological polar surface area (TPSA) is 99.3 Å². The van der Waals surface area contributed by atoms with Gasteiger partial charge in [0.25, 0.3) is 0 Å². The van der Waals surface area contributed by atoms with Crippen molar-refractivity contribution in [2.45, 2.75) is 36.5 Å². The molecule has 8 nitrogen and oxygen atoms in total. The van der Waals surface area contributed by atoms with Gasteiger partial charge in [-0.25, -0.2) is 18.2 Å². The Bertz CT molecular complexity index is 1040. The zero-order valence-electron chi connectivity index (χ0n) is 17.1. The van der Waals surface area contributed by atoms with Crippen molar-refractivity contribution in [3.05, 3.63) is 42.0 Å². The fourth-order valence-electron chi connectivity index (χ4n) is 5.47. The van der Waals surface area contributed by atoms with Crippen LogP contribution in [0.3, 0.4) is 0 Å². The molecule has 3 aliphatic rings. The molecule has 1 aliphatic carbocycles. The Morgan fingerprint density at radius 2 is 2.07 bits per heavy atom. The summed E-state index contributed by atoms with van der Waals surface area (Å²) in [7, 11) is -3.17. The summed E-state index contributed by atoms with van der Waals surface area (Å²) in [6, 6.07) is 7.43. The van der Waals surface area contributed by atoms with Gasteiger partial charge in [-0.05, 0) is 49.3 Å². The van der Waals surface area contributed by atoms with Crippen molar-refractivity contribution in [1.29, 1.82) is 0 Å². The smallest absolute Gasteiger partial charge is 0.320 e. The van der Waals surface area contributed by atoms with Crippen LogP contribution in [-0.4, -0.2) is 71.9 Å². The van der Waals surface area contributed by atoms with Crippen molar-refractivity contribution >= 4 is 15.9 Å². The Morgan fingerprint density at radius 3 is 2.77 bits per heavy atom. The Hall–Kier alpha value is -2.42. The van der Waals surface area contributed by atoms with E-state index >= 15 is 0 Å². The molecule has 5 rings (SSSR count). The standard InChI is InChI=1S/C21H27N5O3S/c1-30(28,29)18-4-2-3-15(8-18)7-16-9-21(10-16)12-26(13-21)20(27)25-6-5-17(11-25)19-22-14-23-24-19/h2-4,8,14,16-17H,5-7,9-13H2,1H3,(H,22,23,24)/t17-/m0/s1. The molecular formula is C21H27N5O3S. The monoisotopic (exact) mass is 429 g/mol. The zero-order chi connectivity index (χ0) is 20.9. The lowest BCUT2D eigenvalue weighted by Gasteiger charge is -2.59. The summed E-state index contributed by atoms with van der Waals surface area (Å²) < 4.78 is 23.5. The van der Waals surface area contributed by atoms with Crippen LogP contribution in [0.1, 0.15) is 36.6 Å². The number of likely N-dealkylation sites (tertiary alicyclic amines) is 2. The normalized spacial score (nSPS) is 23.4. The van der Waals surface area contributed by atoms with Crippen molar-refractivity contribution in [1.82, 2.24) is 25.0 Å². The SMILES string of the molecule is CS(=O)(=O)c1cccc(CC2CC3(C2)CN(C(=O)N2CC[C@H](c4ncn[nH]4)C2)C3)c1. The molecule has 1 saturated carbocycles. The third-order valence-electron chi connectivity index (χ3n) is 6.90. The summed E-state index contributed by atoms with van der Waals surface area (Å²) in [4.78, 5) is 21.4. The van der Waals surface area contributed by atoms with E-state index in [1.165, 1.54) is 12.6 Å². The molecule has 9 heteroatoms. The molecule has 2 amide bonds. The second kappa shape index (κ2) is 7.08. The average Bonchev–Trinajstić information content (AvgIpc) is 3.32. The first-order valence-electron chi connectivity index (χ1n) is 10.5. The van der Waals surface area contributed by atoms with Crippen molar-refractivity contribution in [3.63, 3.8) is 0 Å². The lowest BCUT2D eigenvalue weighted by molar-refractivity contribution is -0.0754. The molecule has 0 radical (unpaired) electrons. The van der Waals surface area contributed by atoms with Gasteiger partial charge in [0.1, 0.15) is 12.2 Å². The van der Waals surface area contributed by atoms with Crippen LogP contribution in [0.15, 0.2) is 35.5 Å². The first kappa shape index (κ1) is 19.5. The number of hydrogen-bond donors (Lipinski definition) is 1. The second-order valence-corrected chi connectivity index (χ2v) is 11.4. The van der Waals surface area contributed by atoms with Gasteiger partial charge >= 0.3 is 6.03 Å². The van der Waals surface area contributed by atoms with Crippen LogP contribution in [0.4, 0.5) is 4.79 Å². The Labute approximate surface area is 176 Å². The lowest BCUT2D eigenvalue weighted by Crippen LogP contribution is -2.65. The Morgan fingerprint density at radius 1 is 1.27 bits per heavy atom. The molecule has 1 N–H and O–H groups in total. The maximum absolute atomic E-state index is 12.8. The van der Waals surface area contributed by atoms with Gasteiger partial charge in [0.2, 0.25) is 0 Å². The first-order chi connectivity index (χ1) is 14.3. The van der Waals surface area contributed by atoms with Crippen LogP contribution >= 0.6 is 0 Å². The van der Waals surface area contributed by atoms with E-state index in [0.29, 0.717) is 17.4 Å². The fraction of sp³-hybridized carbons (Fsp3) is 0.571. The molecule has 1 spiro atoms. The molecule has 2 aromatic rings. The van der Waals surface area contributed by atoms with Gasteiger partial charge in [-0.3, -0.25) is 5.10 Å². The number of benzene rings is 1. The number of hydrogen-bond acceptors (Lipinski definition) is 5. The number of aromatic amines is 1. The molecule has 0 unspecified atom stereocenters. The molecule has 1 aromatic carbocycles. The van der Waals surface area contributed by atoms with E-state index in [0.717, 1.165) is 56.7 Å². The highest BCUT2D eigenvalue weighted by Gasteiger charge is 2.54. The van der Waals surface area contributed by atoms with Crippen molar-refractivity contribution < 1.29 is 13.2 Å². The van der Waals surface area contributed by atoms with E-state index in [2.05, 4.69) is 15.2 Å². The van der Waals surface area contributed by atoms with E-state index in [4.69, 9.17) is 0 Å². The quantitative estimate of drug-likeness (QED) is 0.802. The summed E-state index contributed by atoms with van der Waals surface area (Å²) in [6.45, 7) is 3.16. The maximum Gasteiger partial charge on any atom is 0.320 e. The molecule has 0 bridgehead atoms. The predicted octanol–water partition coefficient (Wildman–Crippen LogP) is 2.07. The van der Waals surface area contributed by atoms with E-state index in [-0.39, 0.29) is 17.4 Å². The van der Waals surface area contributed by atoms with Crippen molar-refractivity contribution in [3.8, 4) is 0 Å². The van der Waals surface area contributed by atoms with Gasteiger partial charge in [-0.2, -0.15) is 5.10 Å². The van der Waals surface area contributed by atoms with E-state index in [9.17, 15) is 13.2 Å².